The van der Waals surface area contributed by atoms with Crippen LogP contribution in [-0.4, -0.2) is 67.7 Å². The van der Waals surface area contributed by atoms with Gasteiger partial charge in [-0.15, -0.1) is 6.58 Å². The van der Waals surface area contributed by atoms with Crippen LogP contribution >= 0.6 is 0 Å². The monoisotopic (exact) mass is 799 g/mol. The number of nitrogens with zero attached hydrogens (tertiary/aromatic N) is 3. The van der Waals surface area contributed by atoms with Crippen LogP contribution in [0.5, 0.6) is 0 Å². The van der Waals surface area contributed by atoms with Crippen molar-refractivity contribution in [3.05, 3.63) is 151 Å². The second-order valence-corrected chi connectivity index (χ2v) is 25.2. The summed E-state index contributed by atoms with van der Waals surface area (Å²) in [5, 5.41) is 3.91. The largest absolute Gasteiger partial charge is 0.405 e. The molecule has 4 atom stereocenters. The van der Waals surface area contributed by atoms with Gasteiger partial charge in [-0.25, -0.2) is 4.98 Å². The Labute approximate surface area is 337 Å². The smallest absolute Gasteiger partial charge is 0.280 e. The van der Waals surface area contributed by atoms with Gasteiger partial charge < -0.3 is 24.1 Å². The zero-order valence-electron chi connectivity index (χ0n) is 33.6. The number of anilines is 1. The highest BCUT2D eigenvalue weighted by Gasteiger charge is 2.58. The van der Waals surface area contributed by atoms with E-state index in [2.05, 4.69) is 160 Å². The predicted octanol–water partition coefficient (Wildman–Crippen LogP) is 5.69. The molecule has 7 rings (SSSR count). The number of ether oxygens (including phenoxy) is 2. The first-order valence-corrected chi connectivity index (χ1v) is 23.3. The molecule has 4 aromatic carbocycles. The average Bonchev–Trinajstić information content (AvgIpc) is 3.77. The van der Waals surface area contributed by atoms with Gasteiger partial charge in [0.15, 0.2) is 17.4 Å². The number of hydrogen-bond donors (Lipinski definition) is 2. The number of aromatic amines is 1. The summed E-state index contributed by atoms with van der Waals surface area (Å²) >= 11 is 0. The van der Waals surface area contributed by atoms with E-state index in [0.717, 1.165) is 20.7 Å². The summed E-state index contributed by atoms with van der Waals surface area (Å²) in [4.78, 5) is 24.6. The summed E-state index contributed by atoms with van der Waals surface area (Å²) in [5.74, 6) is -0.0255. The Hall–Kier alpha value is -4.96. The molecule has 0 bridgehead atoms. The fraction of sp³-hybridized carbons (Fsp3) is 0.311. The fourth-order valence-electron chi connectivity index (χ4n) is 8.56. The molecule has 0 aliphatic carbocycles. The minimum Gasteiger partial charge on any atom is -0.405 e. The van der Waals surface area contributed by atoms with Crippen LogP contribution in [0.25, 0.3) is 11.2 Å². The van der Waals surface area contributed by atoms with E-state index in [1.807, 2.05) is 24.3 Å². The number of imidazole rings is 1. The molecule has 0 spiro atoms. The number of H-pyrrole nitrogens is 1. The number of rotatable bonds is 13. The summed E-state index contributed by atoms with van der Waals surface area (Å²) in [6.07, 6.45) is 0.431. The van der Waals surface area contributed by atoms with Crippen molar-refractivity contribution in [2.75, 3.05) is 18.9 Å². The molecule has 296 valence electrons. The van der Waals surface area contributed by atoms with Crippen molar-refractivity contribution in [3.63, 3.8) is 0 Å². The third kappa shape index (κ3) is 7.37. The minimum absolute atomic E-state index is 0.0255. The summed E-state index contributed by atoms with van der Waals surface area (Å²) in [7, 11) is -6.25. The highest BCUT2D eigenvalue weighted by molar-refractivity contribution is 7.00. The normalized spacial score (nSPS) is 19.2. The van der Waals surface area contributed by atoms with Crippen molar-refractivity contribution in [1.82, 2.24) is 19.5 Å². The van der Waals surface area contributed by atoms with E-state index < -0.39 is 46.7 Å². The topological polar surface area (TPSA) is 127 Å². The van der Waals surface area contributed by atoms with Gasteiger partial charge in [-0.3, -0.25) is 14.3 Å². The molecule has 2 aromatic heterocycles. The van der Waals surface area contributed by atoms with Crippen molar-refractivity contribution in [2.24, 2.45) is 0 Å². The molecule has 0 unspecified atom stereocenters. The van der Waals surface area contributed by atoms with Gasteiger partial charge in [-0.2, -0.15) is 4.98 Å². The maximum absolute atomic E-state index is 13.0. The Kier molecular flexibility index (Phi) is 11.4. The van der Waals surface area contributed by atoms with Gasteiger partial charge in [0.1, 0.15) is 18.3 Å². The maximum Gasteiger partial charge on any atom is 0.280 e. The van der Waals surface area contributed by atoms with Crippen LogP contribution in [0.4, 0.5) is 5.95 Å². The van der Waals surface area contributed by atoms with Gasteiger partial charge in [-0.1, -0.05) is 169 Å². The van der Waals surface area contributed by atoms with Gasteiger partial charge in [0.2, 0.25) is 5.95 Å². The molecule has 0 saturated carbocycles. The SMILES string of the molecule is C=CCO[C@@H]1[C@H](O[Si](c2ccccc2)(c2ccccc2)C(C)(C)C)[C@@H](CO[Si](c2ccccc2)(c2ccccc2)C(C)(C)C)O[C@H]1n1cnc2c(=O)[nH]c(N)nc21. The molecule has 10 nitrogen and oxygen atoms in total. The van der Waals surface area contributed by atoms with Gasteiger partial charge in [0.25, 0.3) is 22.2 Å². The Morgan fingerprint density at radius 2 is 1.25 bits per heavy atom. The highest BCUT2D eigenvalue weighted by Crippen LogP contribution is 2.44. The number of aromatic nitrogens is 4. The molecule has 57 heavy (non-hydrogen) atoms. The molecule has 1 aliphatic heterocycles. The van der Waals surface area contributed by atoms with E-state index in [4.69, 9.17) is 24.1 Å². The molecule has 0 amide bonds. The second kappa shape index (κ2) is 16.1. The van der Waals surface area contributed by atoms with Crippen LogP contribution in [0.15, 0.2) is 145 Å². The van der Waals surface area contributed by atoms with Crippen LogP contribution in [0, 0.1) is 0 Å². The third-order valence-electron chi connectivity index (χ3n) is 11.0. The van der Waals surface area contributed by atoms with Gasteiger partial charge in [0, 0.05) is 0 Å². The van der Waals surface area contributed by atoms with Crippen LogP contribution in [0.3, 0.4) is 0 Å². The molecular weight excluding hydrogens is 747 g/mol. The molecule has 1 saturated heterocycles. The fourth-order valence-corrected chi connectivity index (χ4v) is 17.8. The lowest BCUT2D eigenvalue weighted by Gasteiger charge is -2.46. The van der Waals surface area contributed by atoms with E-state index in [0.29, 0.717) is 0 Å². The maximum atomic E-state index is 13.0. The number of hydrogen-bond acceptors (Lipinski definition) is 8. The standard InChI is InChI=1S/C45H53N5O5Si2/c1-8-29-52-39-38(55-57(45(5,6)7,34-25-17-11-18-26-34)35-27-19-12-20-28-35)36(54-42(39)50-31-47-37-40(50)48-43(46)49-41(37)51)30-53-56(44(2,3)4,32-21-13-9-14-22-32)33-23-15-10-16-24-33/h8-28,31,36,38-39,42H,1,29-30H2,2-7H3,(H3,46,48,49,51)/t36-,38-,39-,42-/m1/s1. The lowest BCUT2D eigenvalue weighted by molar-refractivity contribution is -0.0633. The van der Waals surface area contributed by atoms with E-state index in [-0.39, 0.29) is 40.4 Å². The average molecular weight is 800 g/mol. The molecule has 3 heterocycles. The zero-order valence-corrected chi connectivity index (χ0v) is 35.6. The summed E-state index contributed by atoms with van der Waals surface area (Å²) in [5.41, 5.74) is 6.09. The zero-order chi connectivity index (χ0) is 40.4. The van der Waals surface area contributed by atoms with Crippen LogP contribution in [0.2, 0.25) is 10.1 Å². The second-order valence-electron chi connectivity index (χ2n) is 16.6. The van der Waals surface area contributed by atoms with Crippen molar-refractivity contribution in [3.8, 4) is 0 Å². The van der Waals surface area contributed by atoms with Crippen molar-refractivity contribution < 1.29 is 18.3 Å². The molecule has 12 heteroatoms. The Morgan fingerprint density at radius 3 is 1.70 bits per heavy atom. The van der Waals surface area contributed by atoms with Crippen LogP contribution < -0.4 is 32.0 Å². The quantitative estimate of drug-likeness (QED) is 0.113. The number of nitrogens with two attached hydrogens (primary N) is 1. The first-order chi connectivity index (χ1) is 27.3. The lowest BCUT2D eigenvalue weighted by atomic mass is 10.1. The van der Waals surface area contributed by atoms with Crippen molar-refractivity contribution >= 4 is 54.5 Å². The molecular formula is C45H53N5O5Si2. The van der Waals surface area contributed by atoms with E-state index >= 15 is 0 Å². The van der Waals surface area contributed by atoms with Crippen molar-refractivity contribution in [1.29, 1.82) is 0 Å². The first kappa shape index (κ1) is 40.2. The molecule has 0 radical (unpaired) electrons. The Morgan fingerprint density at radius 1 is 0.772 bits per heavy atom. The third-order valence-corrected chi connectivity index (χ3v) is 21.1. The van der Waals surface area contributed by atoms with E-state index in [1.54, 1.807) is 17.0 Å². The van der Waals surface area contributed by atoms with E-state index in [9.17, 15) is 4.79 Å². The number of nitrogen functional groups attached to an aromatic ring is 1. The molecule has 1 aliphatic rings. The predicted molar refractivity (Wildman–Crippen MR) is 232 cm³/mol. The Balaban J connectivity index is 1.44. The van der Waals surface area contributed by atoms with Crippen molar-refractivity contribution in [2.45, 2.75) is 76.2 Å². The summed E-state index contributed by atoms with van der Waals surface area (Å²) < 4.78 is 31.2. The Bertz CT molecular complexity index is 2250. The van der Waals surface area contributed by atoms with Gasteiger partial charge >= 0.3 is 0 Å². The van der Waals surface area contributed by atoms with Crippen LogP contribution in [0.1, 0.15) is 47.8 Å². The number of nitrogens with one attached hydrogen (secondary N) is 1. The highest BCUT2D eigenvalue weighted by atomic mass is 28.4. The molecule has 1 fully saturated rings. The van der Waals surface area contributed by atoms with Gasteiger partial charge in [0.05, 0.1) is 19.5 Å². The molecule has 3 N–H and O–H groups in total. The van der Waals surface area contributed by atoms with E-state index in [1.165, 1.54) is 0 Å². The first-order valence-electron chi connectivity index (χ1n) is 19.5. The number of benzene rings is 4. The summed E-state index contributed by atoms with van der Waals surface area (Å²) in [6.45, 7) is 17.9. The van der Waals surface area contributed by atoms with Crippen LogP contribution in [-0.2, 0) is 18.3 Å². The van der Waals surface area contributed by atoms with Gasteiger partial charge in [-0.05, 0) is 30.8 Å². The minimum atomic E-state index is -3.21. The summed E-state index contributed by atoms with van der Waals surface area (Å²) in [6, 6.07) is 42.2. The molecule has 6 aromatic rings. The number of fused-ring (bicyclic) bond motifs is 1. The lowest BCUT2D eigenvalue weighted by Crippen LogP contribution is -2.70.